The molecule has 2 rings (SSSR count). The van der Waals surface area contributed by atoms with E-state index in [0.29, 0.717) is 12.0 Å². The van der Waals surface area contributed by atoms with Gasteiger partial charge in [-0.15, -0.1) is 0 Å². The highest BCUT2D eigenvalue weighted by atomic mass is 35.5. The smallest absolute Gasteiger partial charge is 0.0471 e. The van der Waals surface area contributed by atoms with Crippen LogP contribution in [-0.2, 0) is 6.54 Å². The maximum absolute atomic E-state index is 6.45. The minimum atomic E-state index is 0.490. The molecule has 1 aliphatic rings. The van der Waals surface area contributed by atoms with E-state index in [0.717, 1.165) is 24.2 Å². The number of hydrogen-bond donors (Lipinski definition) is 1. The van der Waals surface area contributed by atoms with Crippen LogP contribution < -0.4 is 10.2 Å². The van der Waals surface area contributed by atoms with Crippen LogP contribution in [0.25, 0.3) is 0 Å². The van der Waals surface area contributed by atoms with E-state index in [1.165, 1.54) is 24.1 Å². The van der Waals surface area contributed by atoms with Gasteiger partial charge in [-0.2, -0.15) is 0 Å². The quantitative estimate of drug-likeness (QED) is 0.798. The largest absolute Gasteiger partial charge is 0.369 e. The molecule has 1 aliphatic carbocycles. The van der Waals surface area contributed by atoms with Crippen molar-refractivity contribution in [1.29, 1.82) is 0 Å². The molecule has 0 saturated heterocycles. The molecule has 0 atom stereocenters. The maximum Gasteiger partial charge on any atom is 0.0471 e. The summed E-state index contributed by atoms with van der Waals surface area (Å²) in [7, 11) is 0. The first-order valence-corrected chi connectivity index (χ1v) is 8.13. The van der Waals surface area contributed by atoms with Gasteiger partial charge in [-0.05, 0) is 50.3 Å². The highest BCUT2D eigenvalue weighted by Gasteiger charge is 2.20. The molecule has 1 saturated carbocycles. The van der Waals surface area contributed by atoms with Crippen LogP contribution in [0.15, 0.2) is 18.2 Å². The minimum absolute atomic E-state index is 0.490. The molecule has 2 nitrogen and oxygen atoms in total. The fourth-order valence-electron chi connectivity index (χ4n) is 2.41. The SMILES string of the molecule is CC(C)CN(c1ccc(CNC2CC2)c(Cl)c1)C(C)C. The first-order valence-electron chi connectivity index (χ1n) is 7.75. The van der Waals surface area contributed by atoms with Gasteiger partial charge in [0.15, 0.2) is 0 Å². The van der Waals surface area contributed by atoms with E-state index >= 15 is 0 Å². The number of benzene rings is 1. The average molecular weight is 295 g/mol. The molecule has 20 heavy (non-hydrogen) atoms. The zero-order valence-corrected chi connectivity index (χ0v) is 13.9. The summed E-state index contributed by atoms with van der Waals surface area (Å²) in [4.78, 5) is 2.43. The van der Waals surface area contributed by atoms with Crippen molar-refractivity contribution in [3.63, 3.8) is 0 Å². The van der Waals surface area contributed by atoms with Crippen LogP contribution in [0.5, 0.6) is 0 Å². The highest BCUT2D eigenvalue weighted by molar-refractivity contribution is 6.31. The molecule has 0 bridgehead atoms. The van der Waals surface area contributed by atoms with Gasteiger partial charge in [-0.3, -0.25) is 0 Å². The number of rotatable bonds is 7. The van der Waals surface area contributed by atoms with Gasteiger partial charge in [0, 0.05) is 35.9 Å². The molecule has 1 aromatic rings. The Bertz CT molecular complexity index is 439. The molecule has 0 aromatic heterocycles. The predicted molar refractivity (Wildman–Crippen MR) is 88.6 cm³/mol. The van der Waals surface area contributed by atoms with Crippen molar-refractivity contribution in [2.75, 3.05) is 11.4 Å². The van der Waals surface area contributed by atoms with E-state index in [9.17, 15) is 0 Å². The fraction of sp³-hybridized carbons (Fsp3) is 0.647. The van der Waals surface area contributed by atoms with E-state index in [1.807, 2.05) is 0 Å². The first-order chi connectivity index (χ1) is 9.47. The van der Waals surface area contributed by atoms with Crippen molar-refractivity contribution in [3.8, 4) is 0 Å². The number of nitrogens with zero attached hydrogens (tertiary/aromatic N) is 1. The van der Waals surface area contributed by atoms with Gasteiger partial charge >= 0.3 is 0 Å². The first kappa shape index (κ1) is 15.7. The van der Waals surface area contributed by atoms with Crippen LogP contribution in [0, 0.1) is 5.92 Å². The summed E-state index contributed by atoms with van der Waals surface area (Å²) in [6, 6.07) is 7.71. The molecular formula is C17H27ClN2. The van der Waals surface area contributed by atoms with Gasteiger partial charge in [0.2, 0.25) is 0 Å². The van der Waals surface area contributed by atoms with Crippen molar-refractivity contribution >= 4 is 17.3 Å². The molecule has 3 heteroatoms. The number of nitrogens with one attached hydrogen (secondary N) is 1. The summed E-state index contributed by atoms with van der Waals surface area (Å²) in [6.07, 6.45) is 2.62. The Kier molecular flexibility index (Phi) is 5.34. The molecule has 1 N–H and O–H groups in total. The molecule has 112 valence electrons. The molecule has 0 aliphatic heterocycles. The Morgan fingerprint density at radius 2 is 1.95 bits per heavy atom. The summed E-state index contributed by atoms with van der Waals surface area (Å²) in [6.45, 7) is 10.9. The minimum Gasteiger partial charge on any atom is -0.369 e. The van der Waals surface area contributed by atoms with Crippen molar-refractivity contribution in [3.05, 3.63) is 28.8 Å². The van der Waals surface area contributed by atoms with E-state index in [1.54, 1.807) is 0 Å². The second kappa shape index (κ2) is 6.82. The maximum atomic E-state index is 6.45. The Labute approximate surface area is 128 Å². The zero-order chi connectivity index (χ0) is 14.7. The van der Waals surface area contributed by atoms with Crippen molar-refractivity contribution < 1.29 is 0 Å². The Morgan fingerprint density at radius 3 is 2.45 bits per heavy atom. The molecule has 1 fully saturated rings. The summed E-state index contributed by atoms with van der Waals surface area (Å²) in [5.41, 5.74) is 2.43. The van der Waals surface area contributed by atoms with Gasteiger partial charge in [-0.1, -0.05) is 31.5 Å². The van der Waals surface area contributed by atoms with Crippen molar-refractivity contribution in [1.82, 2.24) is 5.32 Å². The Hall–Kier alpha value is -0.730. The normalized spacial score (nSPS) is 15.2. The third-order valence-corrected chi connectivity index (χ3v) is 4.06. The Morgan fingerprint density at radius 1 is 1.25 bits per heavy atom. The lowest BCUT2D eigenvalue weighted by atomic mass is 10.1. The second-order valence-corrected chi connectivity index (χ2v) is 6.98. The standard InChI is InChI=1S/C17H27ClN2/c1-12(2)11-20(13(3)4)16-8-5-14(17(18)9-16)10-19-15-6-7-15/h5,8-9,12-13,15,19H,6-7,10-11H2,1-4H3. The van der Waals surface area contributed by atoms with Gasteiger partial charge in [0.1, 0.15) is 0 Å². The van der Waals surface area contributed by atoms with Crippen LogP contribution >= 0.6 is 11.6 Å². The van der Waals surface area contributed by atoms with Crippen molar-refractivity contribution in [2.45, 2.75) is 59.2 Å². The zero-order valence-electron chi connectivity index (χ0n) is 13.1. The van der Waals surface area contributed by atoms with E-state index < -0.39 is 0 Å². The third-order valence-electron chi connectivity index (χ3n) is 3.71. The molecule has 0 unspecified atom stereocenters. The van der Waals surface area contributed by atoms with Crippen LogP contribution in [0.3, 0.4) is 0 Å². The van der Waals surface area contributed by atoms with Crippen LogP contribution in [-0.4, -0.2) is 18.6 Å². The number of halogens is 1. The summed E-state index contributed by atoms with van der Waals surface area (Å²) < 4.78 is 0. The number of hydrogen-bond acceptors (Lipinski definition) is 2. The van der Waals surface area contributed by atoms with Crippen molar-refractivity contribution in [2.24, 2.45) is 5.92 Å². The molecular weight excluding hydrogens is 268 g/mol. The lowest BCUT2D eigenvalue weighted by molar-refractivity contribution is 0.571. The van der Waals surface area contributed by atoms with Gasteiger partial charge in [0.25, 0.3) is 0 Å². The van der Waals surface area contributed by atoms with Gasteiger partial charge < -0.3 is 10.2 Å². The third kappa shape index (κ3) is 4.39. The Balaban J connectivity index is 2.08. The van der Waals surface area contributed by atoms with E-state index in [4.69, 9.17) is 11.6 Å². The summed E-state index contributed by atoms with van der Waals surface area (Å²) in [5.74, 6) is 0.646. The molecule has 0 spiro atoms. The van der Waals surface area contributed by atoms with E-state index in [2.05, 4.69) is 56.1 Å². The van der Waals surface area contributed by atoms with Gasteiger partial charge in [0.05, 0.1) is 0 Å². The molecule has 0 heterocycles. The van der Waals surface area contributed by atoms with Crippen LogP contribution in [0.4, 0.5) is 5.69 Å². The monoisotopic (exact) mass is 294 g/mol. The topological polar surface area (TPSA) is 15.3 Å². The van der Waals surface area contributed by atoms with Crippen LogP contribution in [0.1, 0.15) is 46.1 Å². The lowest BCUT2D eigenvalue weighted by Crippen LogP contribution is -2.34. The average Bonchev–Trinajstić information content (AvgIpc) is 3.18. The molecule has 1 aromatic carbocycles. The second-order valence-electron chi connectivity index (χ2n) is 6.57. The summed E-state index contributed by atoms with van der Waals surface area (Å²) >= 11 is 6.45. The highest BCUT2D eigenvalue weighted by Crippen LogP contribution is 2.27. The van der Waals surface area contributed by atoms with E-state index in [-0.39, 0.29) is 0 Å². The lowest BCUT2D eigenvalue weighted by Gasteiger charge is -2.31. The number of anilines is 1. The van der Waals surface area contributed by atoms with Crippen LogP contribution in [0.2, 0.25) is 5.02 Å². The molecule has 0 radical (unpaired) electrons. The van der Waals surface area contributed by atoms with Gasteiger partial charge in [-0.25, -0.2) is 0 Å². The fourth-order valence-corrected chi connectivity index (χ4v) is 2.65. The molecule has 0 amide bonds. The summed E-state index contributed by atoms with van der Waals surface area (Å²) in [5, 5.41) is 4.40. The predicted octanol–water partition coefficient (Wildman–Crippen LogP) is 4.46.